The van der Waals surface area contributed by atoms with E-state index in [0.717, 1.165) is 29.5 Å². The van der Waals surface area contributed by atoms with Crippen molar-refractivity contribution >= 4 is 23.1 Å². The Morgan fingerprint density at radius 2 is 1.83 bits per heavy atom. The molecule has 0 atom stereocenters. The summed E-state index contributed by atoms with van der Waals surface area (Å²) in [6, 6.07) is 3.95. The van der Waals surface area contributed by atoms with Crippen LogP contribution < -0.4 is 10.2 Å². The van der Waals surface area contributed by atoms with Gasteiger partial charge in [0.15, 0.2) is 0 Å². The number of fused-ring (bicyclic) bond motifs is 1. The van der Waals surface area contributed by atoms with Crippen molar-refractivity contribution < 1.29 is 9.59 Å². The van der Waals surface area contributed by atoms with E-state index in [0.29, 0.717) is 13.0 Å². The summed E-state index contributed by atoms with van der Waals surface area (Å²) in [6.07, 6.45) is 13.3. The first-order valence-corrected chi connectivity index (χ1v) is 11.5. The molecule has 0 unspecified atom stereocenters. The first-order chi connectivity index (χ1) is 14.7. The number of aromatic nitrogens is 2. The molecule has 0 spiro atoms. The molecule has 7 heteroatoms. The van der Waals surface area contributed by atoms with Gasteiger partial charge >= 0.3 is 6.03 Å². The first-order valence-electron chi connectivity index (χ1n) is 11.5. The van der Waals surface area contributed by atoms with Gasteiger partial charge in [0.25, 0.3) is 0 Å². The fraction of sp³-hybridized carbons (Fsp3) is 0.609. The number of piperidine rings is 1. The van der Waals surface area contributed by atoms with Crippen molar-refractivity contribution in [3.8, 4) is 0 Å². The number of hydrogen-bond donors (Lipinski definition) is 1. The molecule has 3 amide bonds. The number of nitrogens with zero attached hydrogens (tertiary/aromatic N) is 4. The monoisotopic (exact) mass is 409 g/mol. The lowest BCUT2D eigenvalue weighted by molar-refractivity contribution is -0.120. The van der Waals surface area contributed by atoms with E-state index in [1.807, 2.05) is 10.7 Å². The van der Waals surface area contributed by atoms with E-state index in [9.17, 15) is 9.59 Å². The van der Waals surface area contributed by atoms with Crippen LogP contribution in [0, 0.1) is 11.8 Å². The maximum Gasteiger partial charge on any atom is 0.328 e. The third-order valence-electron chi connectivity index (χ3n) is 7.13. The van der Waals surface area contributed by atoms with Gasteiger partial charge in [-0.05, 0) is 74.7 Å². The molecule has 2 saturated heterocycles. The number of imide groups is 1. The summed E-state index contributed by atoms with van der Waals surface area (Å²) in [7, 11) is 0. The van der Waals surface area contributed by atoms with Crippen LogP contribution in [0.15, 0.2) is 24.5 Å². The van der Waals surface area contributed by atoms with Gasteiger partial charge in [-0.3, -0.25) is 15.0 Å². The summed E-state index contributed by atoms with van der Waals surface area (Å²) in [5, 5.41) is 6.80. The summed E-state index contributed by atoms with van der Waals surface area (Å²) in [5.41, 5.74) is 3.00. The maximum absolute atomic E-state index is 12.3. The van der Waals surface area contributed by atoms with E-state index in [1.165, 1.54) is 63.7 Å². The molecule has 0 bridgehead atoms. The van der Waals surface area contributed by atoms with Crippen molar-refractivity contribution in [1.82, 2.24) is 19.8 Å². The van der Waals surface area contributed by atoms with E-state index in [2.05, 4.69) is 27.4 Å². The van der Waals surface area contributed by atoms with E-state index in [-0.39, 0.29) is 11.9 Å². The van der Waals surface area contributed by atoms with Crippen LogP contribution in [-0.2, 0) is 11.2 Å². The van der Waals surface area contributed by atoms with Crippen LogP contribution in [0.2, 0.25) is 0 Å². The molecule has 160 valence electrons. The zero-order valence-electron chi connectivity index (χ0n) is 17.6. The molecule has 2 aromatic heterocycles. The Labute approximate surface area is 177 Å². The summed E-state index contributed by atoms with van der Waals surface area (Å²) in [6.45, 7) is 4.15. The Morgan fingerprint density at radius 3 is 2.60 bits per heavy atom. The van der Waals surface area contributed by atoms with Gasteiger partial charge in [-0.15, -0.1) is 0 Å². The lowest BCUT2D eigenvalue weighted by atomic mass is 9.90. The number of nitrogens with one attached hydrogen (secondary N) is 1. The number of urea groups is 1. The van der Waals surface area contributed by atoms with Gasteiger partial charge in [-0.1, -0.05) is 12.8 Å². The number of amides is 3. The summed E-state index contributed by atoms with van der Waals surface area (Å²) < 4.78 is 1.81. The summed E-state index contributed by atoms with van der Waals surface area (Å²) in [4.78, 5) is 28.0. The minimum atomic E-state index is -0.360. The fourth-order valence-corrected chi connectivity index (χ4v) is 5.40. The minimum Gasteiger partial charge on any atom is -0.303 e. The topological polar surface area (TPSA) is 70.0 Å². The molecular formula is C23H31N5O2. The zero-order chi connectivity index (χ0) is 20.5. The van der Waals surface area contributed by atoms with Crippen LogP contribution in [0.4, 0.5) is 10.5 Å². The number of anilines is 1. The molecule has 7 nitrogen and oxygen atoms in total. The number of pyridine rings is 1. The molecule has 5 rings (SSSR count). The molecule has 30 heavy (non-hydrogen) atoms. The highest BCUT2D eigenvalue weighted by atomic mass is 16.2. The Bertz CT molecular complexity index is 925. The number of likely N-dealkylation sites (tertiary alicyclic amines) is 1. The number of rotatable bonds is 5. The first kappa shape index (κ1) is 19.5. The maximum atomic E-state index is 12.3. The summed E-state index contributed by atoms with van der Waals surface area (Å²) >= 11 is 0. The largest absolute Gasteiger partial charge is 0.328 e. The van der Waals surface area contributed by atoms with E-state index >= 15 is 0 Å². The van der Waals surface area contributed by atoms with Gasteiger partial charge in [0.05, 0.1) is 17.4 Å². The number of carbonyl (C=O) groups is 2. The van der Waals surface area contributed by atoms with E-state index < -0.39 is 0 Å². The van der Waals surface area contributed by atoms with Crippen LogP contribution in [-0.4, -0.2) is 52.6 Å². The lowest BCUT2D eigenvalue weighted by Crippen LogP contribution is -2.49. The quantitative estimate of drug-likeness (QED) is 0.823. The van der Waals surface area contributed by atoms with Gasteiger partial charge in [-0.2, -0.15) is 5.10 Å². The second-order valence-electron chi connectivity index (χ2n) is 9.25. The van der Waals surface area contributed by atoms with E-state index in [4.69, 9.17) is 0 Å². The summed E-state index contributed by atoms with van der Waals surface area (Å²) in [5.74, 6) is 1.44. The molecule has 2 aromatic rings. The van der Waals surface area contributed by atoms with E-state index in [1.54, 1.807) is 11.1 Å². The van der Waals surface area contributed by atoms with Crippen LogP contribution in [0.1, 0.15) is 50.5 Å². The highest BCUT2D eigenvalue weighted by Crippen LogP contribution is 2.29. The zero-order valence-corrected chi connectivity index (χ0v) is 17.6. The Hall–Kier alpha value is -2.41. The molecule has 1 aliphatic carbocycles. The molecule has 1 saturated carbocycles. The predicted octanol–water partition coefficient (Wildman–Crippen LogP) is 3.23. The van der Waals surface area contributed by atoms with Gasteiger partial charge < -0.3 is 4.90 Å². The van der Waals surface area contributed by atoms with Gasteiger partial charge in [0.1, 0.15) is 0 Å². The van der Waals surface area contributed by atoms with Gasteiger partial charge in [0, 0.05) is 25.7 Å². The fourth-order valence-electron chi connectivity index (χ4n) is 5.40. The molecule has 1 N–H and O–H groups in total. The Balaban J connectivity index is 1.23. The standard InChI is InChI=1S/C23H31N5O2/c29-22-8-11-27(23(30)25-22)21-15-24-28-12-7-19(14-20(21)28)13-17-5-9-26(10-6-17)16-18-3-1-2-4-18/h7,12,14-15,17-18H,1-6,8-11,13,16H2,(H,25,29,30). The van der Waals surface area contributed by atoms with Crippen LogP contribution >= 0.6 is 0 Å². The van der Waals surface area contributed by atoms with Crippen molar-refractivity contribution in [1.29, 1.82) is 0 Å². The van der Waals surface area contributed by atoms with Crippen molar-refractivity contribution in [3.05, 3.63) is 30.1 Å². The molecule has 4 heterocycles. The molecule has 3 fully saturated rings. The Morgan fingerprint density at radius 1 is 1.03 bits per heavy atom. The molecule has 0 aromatic carbocycles. The van der Waals surface area contributed by atoms with Crippen molar-refractivity contribution in [3.63, 3.8) is 0 Å². The number of carbonyl (C=O) groups excluding carboxylic acids is 2. The second kappa shape index (κ2) is 8.38. The van der Waals surface area contributed by atoms with Crippen molar-refractivity contribution in [2.75, 3.05) is 31.1 Å². The van der Waals surface area contributed by atoms with Crippen molar-refractivity contribution in [2.45, 2.75) is 51.4 Å². The van der Waals surface area contributed by atoms with Gasteiger partial charge in [-0.25, -0.2) is 9.31 Å². The van der Waals surface area contributed by atoms with Crippen molar-refractivity contribution in [2.24, 2.45) is 11.8 Å². The average molecular weight is 410 g/mol. The molecule has 0 radical (unpaired) electrons. The average Bonchev–Trinajstić information content (AvgIpc) is 3.39. The molecule has 3 aliphatic rings. The third kappa shape index (κ3) is 4.08. The SMILES string of the molecule is O=C1CCN(c2cnn3ccc(CC4CCN(CC5CCCC5)CC4)cc23)C(=O)N1. The normalized spacial score (nSPS) is 22.2. The minimum absolute atomic E-state index is 0.215. The third-order valence-corrected chi connectivity index (χ3v) is 7.13. The predicted molar refractivity (Wildman–Crippen MR) is 116 cm³/mol. The van der Waals surface area contributed by atoms with Crippen LogP contribution in [0.25, 0.3) is 5.52 Å². The highest BCUT2D eigenvalue weighted by molar-refractivity contribution is 6.07. The number of hydrogen-bond acceptors (Lipinski definition) is 4. The second-order valence-corrected chi connectivity index (χ2v) is 9.25. The van der Waals surface area contributed by atoms with Crippen LogP contribution in [0.3, 0.4) is 0 Å². The molecular weight excluding hydrogens is 378 g/mol. The van der Waals surface area contributed by atoms with Crippen LogP contribution in [0.5, 0.6) is 0 Å². The van der Waals surface area contributed by atoms with Gasteiger partial charge in [0.2, 0.25) is 5.91 Å². The lowest BCUT2D eigenvalue weighted by Gasteiger charge is -2.33. The smallest absolute Gasteiger partial charge is 0.303 e. The molecule has 2 aliphatic heterocycles. The Kier molecular flexibility index (Phi) is 5.46. The highest BCUT2D eigenvalue weighted by Gasteiger charge is 2.27.